The van der Waals surface area contributed by atoms with E-state index in [0.717, 1.165) is 10.6 Å². The van der Waals surface area contributed by atoms with E-state index < -0.39 is 0 Å². The Kier molecular flexibility index (Phi) is 5.72. The maximum atomic E-state index is 9.09. The van der Waals surface area contributed by atoms with Gasteiger partial charge >= 0.3 is 0 Å². The van der Waals surface area contributed by atoms with E-state index in [2.05, 4.69) is 26.8 Å². The lowest BCUT2D eigenvalue weighted by Crippen LogP contribution is -2.07. The van der Waals surface area contributed by atoms with E-state index in [1.807, 2.05) is 60.6 Å². The largest absolute Gasteiger partial charge is 0.351 e. The first kappa shape index (κ1) is 15.4. The monoisotopic (exact) mass is 272 g/mol. The number of anilines is 1. The highest BCUT2D eigenvalue weighted by Gasteiger charge is 2.12. The quantitative estimate of drug-likeness (QED) is 0.593. The zero-order valence-electron chi connectivity index (χ0n) is 11.9. The number of thioether (sulfide) groups is 1. The molecular formula is C16H20N2S. The van der Waals surface area contributed by atoms with E-state index in [1.165, 1.54) is 0 Å². The van der Waals surface area contributed by atoms with Crippen molar-refractivity contribution in [1.29, 1.82) is 5.26 Å². The summed E-state index contributed by atoms with van der Waals surface area (Å²) in [6.07, 6.45) is 5.72. The molecule has 0 saturated carbocycles. The van der Waals surface area contributed by atoms with Crippen LogP contribution in [0.4, 0.5) is 5.69 Å². The SMILES string of the molecule is CN(C=CC=C(C#N)SC(C)(C)C)c1ccccc1. The van der Waals surface area contributed by atoms with Gasteiger partial charge in [-0.1, -0.05) is 39.0 Å². The van der Waals surface area contributed by atoms with E-state index in [1.54, 1.807) is 11.8 Å². The van der Waals surface area contributed by atoms with Gasteiger partial charge in [-0.2, -0.15) is 5.26 Å². The summed E-state index contributed by atoms with van der Waals surface area (Å²) in [4.78, 5) is 2.75. The van der Waals surface area contributed by atoms with Crippen molar-refractivity contribution in [3.05, 3.63) is 53.6 Å². The zero-order valence-corrected chi connectivity index (χ0v) is 12.7. The van der Waals surface area contributed by atoms with Crippen molar-refractivity contribution in [2.45, 2.75) is 25.5 Å². The number of hydrogen-bond acceptors (Lipinski definition) is 3. The number of hydrogen-bond donors (Lipinski definition) is 0. The maximum Gasteiger partial charge on any atom is 0.106 e. The van der Waals surface area contributed by atoms with Crippen LogP contribution in [0.2, 0.25) is 0 Å². The lowest BCUT2D eigenvalue weighted by molar-refractivity contribution is 0.807. The Bertz CT molecular complexity index is 490. The summed E-state index contributed by atoms with van der Waals surface area (Å²) in [5, 5.41) is 9.09. The second-order valence-corrected chi connectivity index (χ2v) is 7.01. The topological polar surface area (TPSA) is 27.0 Å². The highest BCUT2D eigenvalue weighted by molar-refractivity contribution is 8.04. The number of para-hydroxylation sites is 1. The number of nitrogens with zero attached hydrogens (tertiary/aromatic N) is 2. The molecule has 0 amide bonds. The molecule has 0 N–H and O–H groups in total. The molecule has 0 heterocycles. The average molecular weight is 272 g/mol. The summed E-state index contributed by atoms with van der Waals surface area (Å²) in [6, 6.07) is 12.3. The van der Waals surface area contributed by atoms with Crippen molar-refractivity contribution in [3.63, 3.8) is 0 Å². The Morgan fingerprint density at radius 3 is 2.42 bits per heavy atom. The summed E-state index contributed by atoms with van der Waals surface area (Å²) < 4.78 is 0.0563. The van der Waals surface area contributed by atoms with Crippen LogP contribution in [0.5, 0.6) is 0 Å². The van der Waals surface area contributed by atoms with E-state index in [0.29, 0.717) is 0 Å². The van der Waals surface area contributed by atoms with Crippen LogP contribution in [0.25, 0.3) is 0 Å². The van der Waals surface area contributed by atoms with Gasteiger partial charge < -0.3 is 4.90 Å². The van der Waals surface area contributed by atoms with Crippen molar-refractivity contribution >= 4 is 17.4 Å². The second kappa shape index (κ2) is 7.06. The first-order chi connectivity index (χ1) is 8.92. The summed E-state index contributed by atoms with van der Waals surface area (Å²) in [5.41, 5.74) is 1.12. The van der Waals surface area contributed by atoms with Gasteiger partial charge in [-0.25, -0.2) is 0 Å². The fraction of sp³-hybridized carbons (Fsp3) is 0.312. The van der Waals surface area contributed by atoms with E-state index in [4.69, 9.17) is 5.26 Å². The van der Waals surface area contributed by atoms with E-state index in [-0.39, 0.29) is 4.75 Å². The van der Waals surface area contributed by atoms with Gasteiger partial charge in [-0.05, 0) is 24.3 Å². The molecule has 3 heteroatoms. The van der Waals surface area contributed by atoms with Gasteiger partial charge in [0.2, 0.25) is 0 Å². The molecule has 2 nitrogen and oxygen atoms in total. The Labute approximate surface area is 120 Å². The highest BCUT2D eigenvalue weighted by Crippen LogP contribution is 2.30. The normalized spacial score (nSPS) is 12.5. The van der Waals surface area contributed by atoms with Crippen LogP contribution in [0.1, 0.15) is 20.8 Å². The molecule has 0 bridgehead atoms. The molecule has 0 aliphatic rings. The Morgan fingerprint density at radius 1 is 1.26 bits per heavy atom. The summed E-state index contributed by atoms with van der Waals surface area (Å²) >= 11 is 1.58. The molecule has 0 saturated heterocycles. The molecule has 1 aromatic rings. The van der Waals surface area contributed by atoms with Gasteiger partial charge in [0, 0.05) is 23.7 Å². The van der Waals surface area contributed by atoms with Crippen LogP contribution in [0, 0.1) is 11.3 Å². The number of nitriles is 1. The third kappa shape index (κ3) is 6.17. The predicted octanol–water partition coefficient (Wildman–Crippen LogP) is 4.58. The van der Waals surface area contributed by atoms with Gasteiger partial charge in [0.25, 0.3) is 0 Å². The number of benzene rings is 1. The highest BCUT2D eigenvalue weighted by atomic mass is 32.2. The van der Waals surface area contributed by atoms with Crippen LogP contribution in [-0.2, 0) is 0 Å². The lowest BCUT2D eigenvalue weighted by atomic mass is 10.3. The van der Waals surface area contributed by atoms with Gasteiger partial charge in [-0.15, -0.1) is 11.8 Å². The maximum absolute atomic E-state index is 9.09. The summed E-state index contributed by atoms with van der Waals surface area (Å²) in [6.45, 7) is 6.30. The molecule has 19 heavy (non-hydrogen) atoms. The minimum atomic E-state index is 0.0563. The van der Waals surface area contributed by atoms with Gasteiger partial charge in [0.1, 0.15) is 6.07 Å². The molecule has 0 atom stereocenters. The van der Waals surface area contributed by atoms with Crippen molar-refractivity contribution in [1.82, 2.24) is 0 Å². The lowest BCUT2D eigenvalue weighted by Gasteiger charge is -2.16. The zero-order chi connectivity index (χ0) is 14.3. The van der Waals surface area contributed by atoms with Gasteiger partial charge in [0.05, 0.1) is 4.91 Å². The first-order valence-corrected chi connectivity index (χ1v) is 6.99. The predicted molar refractivity (Wildman–Crippen MR) is 85.0 cm³/mol. The molecule has 100 valence electrons. The molecule has 0 aliphatic heterocycles. The molecule has 0 aliphatic carbocycles. The van der Waals surface area contributed by atoms with Crippen LogP contribution >= 0.6 is 11.8 Å². The van der Waals surface area contributed by atoms with E-state index in [9.17, 15) is 0 Å². The number of rotatable bonds is 4. The fourth-order valence-electron chi connectivity index (χ4n) is 1.43. The minimum Gasteiger partial charge on any atom is -0.351 e. The van der Waals surface area contributed by atoms with Crippen LogP contribution in [0.3, 0.4) is 0 Å². The van der Waals surface area contributed by atoms with Crippen LogP contribution in [-0.4, -0.2) is 11.8 Å². The third-order valence-corrected chi connectivity index (χ3v) is 3.31. The molecule has 0 radical (unpaired) electrons. The standard InChI is InChI=1S/C16H20N2S/c1-16(2,3)19-15(13-17)11-8-12-18(4)14-9-6-5-7-10-14/h5-12H,1-4H3. The molecule has 0 unspecified atom stereocenters. The molecule has 1 aromatic carbocycles. The average Bonchev–Trinajstić information content (AvgIpc) is 2.37. The Hall–Kier alpha value is -1.66. The van der Waals surface area contributed by atoms with Crippen LogP contribution < -0.4 is 4.90 Å². The molecule has 0 fully saturated rings. The van der Waals surface area contributed by atoms with Crippen molar-refractivity contribution in [2.24, 2.45) is 0 Å². The summed E-state index contributed by atoms with van der Waals surface area (Å²) in [7, 11) is 1.99. The van der Waals surface area contributed by atoms with Crippen molar-refractivity contribution in [2.75, 3.05) is 11.9 Å². The Balaban J connectivity index is 2.69. The van der Waals surface area contributed by atoms with Gasteiger partial charge in [-0.3, -0.25) is 0 Å². The van der Waals surface area contributed by atoms with Crippen molar-refractivity contribution in [3.8, 4) is 6.07 Å². The Morgan fingerprint density at radius 2 is 1.89 bits per heavy atom. The fourth-order valence-corrected chi connectivity index (χ4v) is 2.28. The molecule has 0 aromatic heterocycles. The summed E-state index contributed by atoms with van der Waals surface area (Å²) in [5.74, 6) is 0. The first-order valence-electron chi connectivity index (χ1n) is 6.18. The number of allylic oxidation sites excluding steroid dienone is 3. The molecular weight excluding hydrogens is 252 g/mol. The second-order valence-electron chi connectivity index (χ2n) is 5.15. The van der Waals surface area contributed by atoms with Crippen LogP contribution in [0.15, 0.2) is 53.6 Å². The third-order valence-electron chi connectivity index (χ3n) is 2.25. The minimum absolute atomic E-state index is 0.0563. The smallest absolute Gasteiger partial charge is 0.106 e. The van der Waals surface area contributed by atoms with Gasteiger partial charge in [0.15, 0.2) is 0 Å². The van der Waals surface area contributed by atoms with Crippen molar-refractivity contribution < 1.29 is 0 Å². The molecule has 0 spiro atoms. The van der Waals surface area contributed by atoms with E-state index >= 15 is 0 Å². The molecule has 1 rings (SSSR count).